The summed E-state index contributed by atoms with van der Waals surface area (Å²) in [6.07, 6.45) is 3.43. The third kappa shape index (κ3) is 4.64. The molecule has 0 bridgehead atoms. The lowest BCUT2D eigenvalue weighted by Gasteiger charge is -2.16. The summed E-state index contributed by atoms with van der Waals surface area (Å²) in [5.41, 5.74) is -0.0129. The van der Waals surface area contributed by atoms with Crippen LogP contribution >= 0.6 is 23.4 Å². The van der Waals surface area contributed by atoms with E-state index in [-0.39, 0.29) is 16.6 Å². The van der Waals surface area contributed by atoms with E-state index in [4.69, 9.17) is 16.7 Å². The van der Waals surface area contributed by atoms with Crippen molar-refractivity contribution < 1.29 is 14.7 Å². The van der Waals surface area contributed by atoms with Crippen LogP contribution in [0, 0.1) is 5.92 Å². The Balaban J connectivity index is 2.91. The number of aliphatic carboxylic acids is 1. The molecular weight excluding hydrogens is 302 g/mol. The van der Waals surface area contributed by atoms with Gasteiger partial charge in [-0.1, -0.05) is 37.2 Å². The van der Waals surface area contributed by atoms with Gasteiger partial charge in [0.05, 0.1) is 11.2 Å². The van der Waals surface area contributed by atoms with Gasteiger partial charge >= 0.3 is 5.97 Å². The van der Waals surface area contributed by atoms with E-state index in [9.17, 15) is 9.59 Å². The zero-order chi connectivity index (χ0) is 15.3. The summed E-state index contributed by atoms with van der Waals surface area (Å²) in [5, 5.41) is 12.0. The van der Waals surface area contributed by atoms with Crippen molar-refractivity contribution >= 4 is 35.2 Å². The lowest BCUT2D eigenvalue weighted by molar-refractivity contribution is -0.139. The van der Waals surface area contributed by atoms with Crippen molar-refractivity contribution in [2.24, 2.45) is 5.92 Å². The molecule has 0 fully saturated rings. The molecule has 0 aliphatic rings. The molecular formula is C12H16ClN3O3S. The first-order chi connectivity index (χ1) is 9.35. The van der Waals surface area contributed by atoms with Crippen molar-refractivity contribution in [1.29, 1.82) is 0 Å². The van der Waals surface area contributed by atoms with Crippen molar-refractivity contribution in [2.45, 2.75) is 31.5 Å². The Labute approximate surface area is 126 Å². The minimum atomic E-state index is -1.08. The zero-order valence-electron chi connectivity index (χ0n) is 11.4. The fraction of sp³-hybridized carbons (Fsp3) is 0.500. The standard InChI is InChI=1S/C12H16ClN3O3S/c1-6(2)4-8(11(18)19)15-10(17)9-7(13)5-14-12(16-9)20-3/h5-6,8H,4H2,1-3H3,(H,15,17)(H,18,19)/t8-/m0/s1. The van der Waals surface area contributed by atoms with E-state index < -0.39 is 17.9 Å². The van der Waals surface area contributed by atoms with Gasteiger partial charge in [0, 0.05) is 0 Å². The number of amides is 1. The fourth-order valence-electron chi connectivity index (χ4n) is 1.53. The quantitative estimate of drug-likeness (QED) is 0.616. The second-order valence-corrected chi connectivity index (χ2v) is 5.73. The van der Waals surface area contributed by atoms with Crippen molar-refractivity contribution in [3.63, 3.8) is 0 Å². The number of nitrogens with one attached hydrogen (secondary N) is 1. The number of thioether (sulfide) groups is 1. The SMILES string of the molecule is CSc1ncc(Cl)c(C(=O)N[C@@H](CC(C)C)C(=O)O)n1. The normalized spacial score (nSPS) is 12.2. The number of carboxylic acids is 1. The van der Waals surface area contributed by atoms with Crippen molar-refractivity contribution in [2.75, 3.05) is 6.26 Å². The molecule has 110 valence electrons. The molecule has 1 aromatic heterocycles. The van der Waals surface area contributed by atoms with E-state index in [1.54, 1.807) is 6.26 Å². The molecule has 0 radical (unpaired) electrons. The molecule has 0 spiro atoms. The molecule has 2 N–H and O–H groups in total. The molecule has 0 aromatic carbocycles. The number of nitrogens with zero attached hydrogens (tertiary/aromatic N) is 2. The van der Waals surface area contributed by atoms with Gasteiger partial charge in [0.2, 0.25) is 0 Å². The number of halogens is 1. The largest absolute Gasteiger partial charge is 0.480 e. The summed E-state index contributed by atoms with van der Waals surface area (Å²) in [6.45, 7) is 3.76. The van der Waals surface area contributed by atoms with Crippen LogP contribution in [-0.4, -0.2) is 39.2 Å². The van der Waals surface area contributed by atoms with Gasteiger partial charge in [-0.25, -0.2) is 14.8 Å². The molecule has 1 atom stereocenters. The molecule has 20 heavy (non-hydrogen) atoms. The van der Waals surface area contributed by atoms with Gasteiger partial charge in [-0.3, -0.25) is 4.79 Å². The third-order valence-electron chi connectivity index (χ3n) is 2.43. The van der Waals surface area contributed by atoms with E-state index in [0.29, 0.717) is 11.6 Å². The summed E-state index contributed by atoms with van der Waals surface area (Å²) in [5.74, 6) is -1.55. The van der Waals surface area contributed by atoms with Crippen LogP contribution in [0.4, 0.5) is 0 Å². The van der Waals surface area contributed by atoms with Crippen LogP contribution in [0.15, 0.2) is 11.4 Å². The topological polar surface area (TPSA) is 92.2 Å². The average Bonchev–Trinajstić information content (AvgIpc) is 2.37. The smallest absolute Gasteiger partial charge is 0.326 e. The average molecular weight is 318 g/mol. The number of hydrogen-bond acceptors (Lipinski definition) is 5. The van der Waals surface area contributed by atoms with Crippen LogP contribution in [0.2, 0.25) is 5.02 Å². The second-order valence-electron chi connectivity index (χ2n) is 4.55. The van der Waals surface area contributed by atoms with Gasteiger partial charge in [0.15, 0.2) is 10.9 Å². The van der Waals surface area contributed by atoms with Gasteiger partial charge in [0.1, 0.15) is 6.04 Å². The van der Waals surface area contributed by atoms with Gasteiger partial charge in [-0.15, -0.1) is 0 Å². The van der Waals surface area contributed by atoms with Crippen LogP contribution < -0.4 is 5.32 Å². The highest BCUT2D eigenvalue weighted by molar-refractivity contribution is 7.98. The zero-order valence-corrected chi connectivity index (χ0v) is 13.0. The van der Waals surface area contributed by atoms with E-state index in [1.807, 2.05) is 13.8 Å². The van der Waals surface area contributed by atoms with Gasteiger partial charge < -0.3 is 10.4 Å². The highest BCUT2D eigenvalue weighted by Gasteiger charge is 2.24. The predicted octanol–water partition coefficient (Wildman–Crippen LogP) is 2.08. The molecule has 1 aromatic rings. The van der Waals surface area contributed by atoms with Gasteiger partial charge in [-0.2, -0.15) is 0 Å². The fourth-order valence-corrected chi connectivity index (χ4v) is 2.05. The maximum Gasteiger partial charge on any atom is 0.326 e. The Bertz CT molecular complexity index is 511. The Kier molecular flexibility index (Phi) is 6.22. The Morgan fingerprint density at radius 3 is 2.65 bits per heavy atom. The maximum absolute atomic E-state index is 12.1. The molecule has 1 heterocycles. The first kappa shape index (κ1) is 16.7. The summed E-state index contributed by atoms with van der Waals surface area (Å²) in [7, 11) is 0. The van der Waals surface area contributed by atoms with Crippen LogP contribution in [0.5, 0.6) is 0 Å². The Hall–Kier alpha value is -1.34. The number of hydrogen-bond donors (Lipinski definition) is 2. The lowest BCUT2D eigenvalue weighted by atomic mass is 10.0. The molecule has 0 unspecified atom stereocenters. The van der Waals surface area contributed by atoms with Crippen molar-refractivity contribution in [1.82, 2.24) is 15.3 Å². The van der Waals surface area contributed by atoms with E-state index in [1.165, 1.54) is 18.0 Å². The highest BCUT2D eigenvalue weighted by Crippen LogP contribution is 2.17. The summed E-state index contributed by atoms with van der Waals surface area (Å²) < 4.78 is 0. The van der Waals surface area contributed by atoms with Crippen molar-refractivity contribution in [3.05, 3.63) is 16.9 Å². The van der Waals surface area contributed by atoms with Crippen LogP contribution in [0.3, 0.4) is 0 Å². The van der Waals surface area contributed by atoms with Gasteiger partial charge in [-0.05, 0) is 18.6 Å². The molecule has 0 aliphatic heterocycles. The summed E-state index contributed by atoms with van der Waals surface area (Å²) >= 11 is 7.14. The van der Waals surface area contributed by atoms with Crippen LogP contribution in [0.1, 0.15) is 30.8 Å². The lowest BCUT2D eigenvalue weighted by Crippen LogP contribution is -2.42. The van der Waals surface area contributed by atoms with Crippen molar-refractivity contribution in [3.8, 4) is 0 Å². The van der Waals surface area contributed by atoms with Crippen LogP contribution in [-0.2, 0) is 4.79 Å². The molecule has 6 nitrogen and oxygen atoms in total. The summed E-state index contributed by atoms with van der Waals surface area (Å²) in [6, 6.07) is -0.966. The van der Waals surface area contributed by atoms with Gasteiger partial charge in [0.25, 0.3) is 5.91 Å². The number of carbonyl (C=O) groups excluding carboxylic acids is 1. The molecule has 8 heteroatoms. The molecule has 1 amide bonds. The predicted molar refractivity (Wildman–Crippen MR) is 77.2 cm³/mol. The van der Waals surface area contributed by atoms with E-state index in [2.05, 4.69) is 15.3 Å². The second kappa shape index (κ2) is 7.44. The maximum atomic E-state index is 12.1. The first-order valence-electron chi connectivity index (χ1n) is 5.95. The number of carboxylic acid groups (broad SMARTS) is 1. The molecule has 0 aliphatic carbocycles. The number of rotatable bonds is 6. The van der Waals surface area contributed by atoms with Crippen LogP contribution in [0.25, 0.3) is 0 Å². The Morgan fingerprint density at radius 1 is 1.50 bits per heavy atom. The van der Waals surface area contributed by atoms with E-state index >= 15 is 0 Å². The van der Waals surface area contributed by atoms with E-state index in [0.717, 1.165) is 0 Å². The minimum absolute atomic E-state index is 0.0129. The number of aromatic nitrogens is 2. The monoisotopic (exact) mass is 317 g/mol. The third-order valence-corrected chi connectivity index (χ3v) is 3.27. The molecule has 0 saturated heterocycles. The molecule has 0 saturated carbocycles. The first-order valence-corrected chi connectivity index (χ1v) is 7.55. The Morgan fingerprint density at radius 2 is 2.15 bits per heavy atom. The molecule has 1 rings (SSSR count). The number of carbonyl (C=O) groups is 2. The minimum Gasteiger partial charge on any atom is -0.480 e. The summed E-state index contributed by atoms with van der Waals surface area (Å²) in [4.78, 5) is 31.1. The highest BCUT2D eigenvalue weighted by atomic mass is 35.5.